The summed E-state index contributed by atoms with van der Waals surface area (Å²) < 4.78 is 0. The van der Waals surface area contributed by atoms with Crippen molar-refractivity contribution in [2.45, 2.75) is 0 Å². The zero-order valence-electron chi connectivity index (χ0n) is 12.8. The molecule has 0 unspecified atom stereocenters. The van der Waals surface area contributed by atoms with Gasteiger partial charge in [0.05, 0.1) is 4.92 Å². The molecule has 5 heteroatoms. The molecule has 0 radical (unpaired) electrons. The number of anilines is 2. The average molecular weight is 317 g/mol. The molecule has 0 bridgehead atoms. The third-order valence-electron chi connectivity index (χ3n) is 3.45. The number of nitro benzene ring substituents is 1. The lowest BCUT2D eigenvalue weighted by molar-refractivity contribution is -0.384. The summed E-state index contributed by atoms with van der Waals surface area (Å²) in [5.74, 6) is 0. The highest BCUT2D eigenvalue weighted by Crippen LogP contribution is 2.18. The van der Waals surface area contributed by atoms with Gasteiger partial charge in [-0.1, -0.05) is 24.3 Å². The molecule has 0 atom stereocenters. The van der Waals surface area contributed by atoms with E-state index < -0.39 is 4.92 Å². The molecule has 0 saturated heterocycles. The normalized spacial score (nSPS) is 10.7. The SMILES string of the molecule is O=[N+]([O-])c1ccc(/C=C/c2ccc(Nc3ccncc3)cc2)cc1. The monoisotopic (exact) mass is 317 g/mol. The van der Waals surface area contributed by atoms with Crippen LogP contribution in [-0.2, 0) is 0 Å². The van der Waals surface area contributed by atoms with Crippen molar-refractivity contribution in [1.82, 2.24) is 4.98 Å². The Bertz CT molecular complexity index is 842. The summed E-state index contributed by atoms with van der Waals surface area (Å²) in [5, 5.41) is 13.9. The van der Waals surface area contributed by atoms with Crippen LogP contribution in [0.15, 0.2) is 73.1 Å². The molecule has 1 heterocycles. The summed E-state index contributed by atoms with van der Waals surface area (Å²) in [6, 6.07) is 18.3. The third-order valence-corrected chi connectivity index (χ3v) is 3.45. The zero-order chi connectivity index (χ0) is 16.8. The minimum Gasteiger partial charge on any atom is -0.355 e. The molecule has 3 aromatic rings. The molecule has 2 aromatic carbocycles. The van der Waals surface area contributed by atoms with E-state index >= 15 is 0 Å². The van der Waals surface area contributed by atoms with Crippen molar-refractivity contribution in [1.29, 1.82) is 0 Å². The van der Waals surface area contributed by atoms with Crippen molar-refractivity contribution in [2.75, 3.05) is 5.32 Å². The molecule has 0 saturated carbocycles. The van der Waals surface area contributed by atoms with Gasteiger partial charge in [0.1, 0.15) is 0 Å². The molecule has 0 aliphatic heterocycles. The number of hydrogen-bond acceptors (Lipinski definition) is 4. The van der Waals surface area contributed by atoms with Crippen LogP contribution in [0.2, 0.25) is 0 Å². The van der Waals surface area contributed by atoms with Gasteiger partial charge in [0, 0.05) is 35.9 Å². The van der Waals surface area contributed by atoms with Gasteiger partial charge in [0.25, 0.3) is 5.69 Å². The van der Waals surface area contributed by atoms with Gasteiger partial charge < -0.3 is 5.32 Å². The molecular formula is C19H15N3O2. The lowest BCUT2D eigenvalue weighted by atomic mass is 10.1. The van der Waals surface area contributed by atoms with Crippen molar-refractivity contribution >= 4 is 29.2 Å². The molecule has 0 aliphatic rings. The van der Waals surface area contributed by atoms with Crippen LogP contribution in [0.1, 0.15) is 11.1 Å². The van der Waals surface area contributed by atoms with E-state index in [-0.39, 0.29) is 5.69 Å². The average Bonchev–Trinajstić information content (AvgIpc) is 2.62. The molecule has 0 aliphatic carbocycles. The molecule has 24 heavy (non-hydrogen) atoms. The fraction of sp³-hybridized carbons (Fsp3) is 0. The van der Waals surface area contributed by atoms with Crippen molar-refractivity contribution in [3.8, 4) is 0 Å². The quantitative estimate of drug-likeness (QED) is 0.413. The van der Waals surface area contributed by atoms with Crippen LogP contribution in [-0.4, -0.2) is 9.91 Å². The highest BCUT2D eigenvalue weighted by Gasteiger charge is 2.02. The summed E-state index contributed by atoms with van der Waals surface area (Å²) in [4.78, 5) is 14.2. The van der Waals surface area contributed by atoms with Crippen molar-refractivity contribution in [3.63, 3.8) is 0 Å². The molecule has 118 valence electrons. The maximum Gasteiger partial charge on any atom is 0.269 e. The van der Waals surface area contributed by atoms with E-state index in [0.717, 1.165) is 22.5 Å². The Morgan fingerprint density at radius 2 is 1.29 bits per heavy atom. The van der Waals surface area contributed by atoms with Crippen molar-refractivity contribution in [2.24, 2.45) is 0 Å². The number of non-ortho nitro benzene ring substituents is 1. The maximum absolute atomic E-state index is 10.6. The zero-order valence-corrected chi connectivity index (χ0v) is 12.8. The Kier molecular flexibility index (Phi) is 4.62. The second kappa shape index (κ2) is 7.19. The van der Waals surface area contributed by atoms with Gasteiger partial charge >= 0.3 is 0 Å². The first-order valence-electron chi connectivity index (χ1n) is 7.40. The molecule has 5 nitrogen and oxygen atoms in total. The van der Waals surface area contributed by atoms with Crippen LogP contribution in [0.5, 0.6) is 0 Å². The Balaban J connectivity index is 1.66. The van der Waals surface area contributed by atoms with Crippen LogP contribution >= 0.6 is 0 Å². The summed E-state index contributed by atoms with van der Waals surface area (Å²) in [5.41, 5.74) is 4.04. The van der Waals surface area contributed by atoms with E-state index in [0.29, 0.717) is 0 Å². The second-order valence-electron chi connectivity index (χ2n) is 5.16. The fourth-order valence-corrected chi connectivity index (χ4v) is 2.18. The number of nitrogens with one attached hydrogen (secondary N) is 1. The van der Waals surface area contributed by atoms with Crippen LogP contribution in [0.25, 0.3) is 12.2 Å². The van der Waals surface area contributed by atoms with Gasteiger partial charge in [-0.2, -0.15) is 0 Å². The second-order valence-corrected chi connectivity index (χ2v) is 5.16. The van der Waals surface area contributed by atoms with Gasteiger partial charge in [-0.15, -0.1) is 0 Å². The number of nitro groups is 1. The highest BCUT2D eigenvalue weighted by molar-refractivity contribution is 5.71. The van der Waals surface area contributed by atoms with Gasteiger partial charge in [0.15, 0.2) is 0 Å². The predicted octanol–water partition coefficient (Wildman–Crippen LogP) is 4.90. The number of hydrogen-bond donors (Lipinski definition) is 1. The van der Waals surface area contributed by atoms with Crippen LogP contribution in [0, 0.1) is 10.1 Å². The van der Waals surface area contributed by atoms with Crippen LogP contribution in [0.3, 0.4) is 0 Å². The number of benzene rings is 2. The summed E-state index contributed by atoms with van der Waals surface area (Å²) in [6.07, 6.45) is 7.37. The van der Waals surface area contributed by atoms with E-state index in [1.165, 1.54) is 12.1 Å². The molecule has 0 fully saturated rings. The lowest BCUT2D eigenvalue weighted by Gasteiger charge is -2.05. The molecule has 1 aromatic heterocycles. The first kappa shape index (κ1) is 15.4. The summed E-state index contributed by atoms with van der Waals surface area (Å²) in [6.45, 7) is 0. The maximum atomic E-state index is 10.6. The molecular weight excluding hydrogens is 302 g/mol. The van der Waals surface area contributed by atoms with Crippen molar-refractivity contribution < 1.29 is 4.92 Å². The Labute approximate surface area is 139 Å². The lowest BCUT2D eigenvalue weighted by Crippen LogP contribution is -1.89. The first-order valence-corrected chi connectivity index (χ1v) is 7.40. The minimum atomic E-state index is -0.401. The third kappa shape index (κ3) is 4.04. The standard InChI is InChI=1S/C19H15N3O2/c23-22(24)19-9-5-16(6-10-19)2-1-15-3-7-17(8-4-15)21-18-11-13-20-14-12-18/h1-14H,(H,20,21)/b2-1+. The summed E-state index contributed by atoms with van der Waals surface area (Å²) >= 11 is 0. The van der Waals surface area contributed by atoms with E-state index in [1.54, 1.807) is 24.5 Å². The summed E-state index contributed by atoms with van der Waals surface area (Å²) in [7, 11) is 0. The number of rotatable bonds is 5. The topological polar surface area (TPSA) is 68.1 Å². The number of pyridine rings is 1. The van der Waals surface area contributed by atoms with E-state index in [9.17, 15) is 10.1 Å². The van der Waals surface area contributed by atoms with Crippen LogP contribution < -0.4 is 5.32 Å². The number of nitrogens with zero attached hydrogens (tertiary/aromatic N) is 2. The molecule has 0 spiro atoms. The van der Waals surface area contributed by atoms with E-state index in [1.807, 2.05) is 48.6 Å². The first-order chi connectivity index (χ1) is 11.7. The smallest absolute Gasteiger partial charge is 0.269 e. The minimum absolute atomic E-state index is 0.0960. The van der Waals surface area contributed by atoms with Crippen molar-refractivity contribution in [3.05, 3.63) is 94.3 Å². The molecule has 1 N–H and O–H groups in total. The van der Waals surface area contributed by atoms with Crippen LogP contribution in [0.4, 0.5) is 17.1 Å². The highest BCUT2D eigenvalue weighted by atomic mass is 16.6. The van der Waals surface area contributed by atoms with Gasteiger partial charge in [0.2, 0.25) is 0 Å². The van der Waals surface area contributed by atoms with E-state index in [4.69, 9.17) is 0 Å². The van der Waals surface area contributed by atoms with E-state index in [2.05, 4.69) is 10.3 Å². The Hall–Kier alpha value is -3.47. The number of aromatic nitrogens is 1. The van der Waals surface area contributed by atoms with Gasteiger partial charge in [-0.05, 0) is 47.5 Å². The van der Waals surface area contributed by atoms with Gasteiger partial charge in [-0.25, -0.2) is 0 Å². The Morgan fingerprint density at radius 3 is 1.83 bits per heavy atom. The fourth-order valence-electron chi connectivity index (χ4n) is 2.18. The molecule has 0 amide bonds. The molecule has 3 rings (SSSR count). The Morgan fingerprint density at radius 1 is 0.792 bits per heavy atom. The van der Waals surface area contributed by atoms with Gasteiger partial charge in [-0.3, -0.25) is 15.1 Å². The largest absolute Gasteiger partial charge is 0.355 e. The predicted molar refractivity (Wildman–Crippen MR) is 96.0 cm³/mol.